The third-order valence-electron chi connectivity index (χ3n) is 3.80. The lowest BCUT2D eigenvalue weighted by molar-refractivity contribution is 0.0697. The molecule has 1 fully saturated rings. The quantitative estimate of drug-likeness (QED) is 0.885. The normalized spacial score (nSPS) is 15.9. The van der Waals surface area contributed by atoms with Crippen LogP contribution in [0.25, 0.3) is 0 Å². The highest BCUT2D eigenvalue weighted by atomic mass is 16.4. The van der Waals surface area contributed by atoms with Gasteiger partial charge in [0.1, 0.15) is 0 Å². The Hall–Kier alpha value is -1.51. The number of carboxylic acids is 1. The smallest absolute Gasteiger partial charge is 0.337 e. The second-order valence-corrected chi connectivity index (χ2v) is 5.05. The van der Waals surface area contributed by atoms with Gasteiger partial charge >= 0.3 is 5.97 Å². The standard InChI is InChI=1S/C15H21NO2/c1-3-16(12-6-4-5-7-12)14-9-8-11(2)10-13(14)15(17)18/h8-10,12H,3-7H2,1-2H3,(H,17,18). The zero-order chi connectivity index (χ0) is 13.1. The molecule has 18 heavy (non-hydrogen) atoms. The summed E-state index contributed by atoms with van der Waals surface area (Å²) in [5, 5.41) is 9.35. The number of carbonyl (C=O) groups is 1. The van der Waals surface area contributed by atoms with Gasteiger partial charge in [0.15, 0.2) is 0 Å². The Balaban J connectivity index is 2.37. The van der Waals surface area contributed by atoms with Gasteiger partial charge < -0.3 is 10.0 Å². The fourth-order valence-electron chi connectivity index (χ4n) is 2.91. The van der Waals surface area contributed by atoms with Gasteiger partial charge in [0.25, 0.3) is 0 Å². The summed E-state index contributed by atoms with van der Waals surface area (Å²) in [6.45, 7) is 4.90. The molecule has 3 heteroatoms. The number of aryl methyl sites for hydroxylation is 1. The van der Waals surface area contributed by atoms with E-state index in [-0.39, 0.29) is 0 Å². The van der Waals surface area contributed by atoms with Gasteiger partial charge in [0.05, 0.1) is 11.3 Å². The number of nitrogens with zero attached hydrogens (tertiary/aromatic N) is 1. The molecule has 0 spiro atoms. The number of benzene rings is 1. The molecule has 0 unspecified atom stereocenters. The third-order valence-corrected chi connectivity index (χ3v) is 3.80. The lowest BCUT2D eigenvalue weighted by Gasteiger charge is -2.31. The fraction of sp³-hybridized carbons (Fsp3) is 0.533. The molecular formula is C15H21NO2. The van der Waals surface area contributed by atoms with E-state index >= 15 is 0 Å². The van der Waals surface area contributed by atoms with Crippen LogP contribution in [0.4, 0.5) is 5.69 Å². The number of aromatic carboxylic acids is 1. The lowest BCUT2D eigenvalue weighted by atomic mass is 10.1. The lowest BCUT2D eigenvalue weighted by Crippen LogP contribution is -2.34. The average molecular weight is 247 g/mol. The van der Waals surface area contributed by atoms with Crippen LogP contribution in [-0.2, 0) is 0 Å². The van der Waals surface area contributed by atoms with Gasteiger partial charge in [-0.25, -0.2) is 4.79 Å². The highest BCUT2D eigenvalue weighted by Gasteiger charge is 2.24. The molecule has 1 saturated carbocycles. The van der Waals surface area contributed by atoms with Crippen molar-refractivity contribution in [1.29, 1.82) is 0 Å². The van der Waals surface area contributed by atoms with Crippen molar-refractivity contribution in [3.8, 4) is 0 Å². The molecule has 0 heterocycles. The van der Waals surface area contributed by atoms with E-state index in [1.54, 1.807) is 6.07 Å². The molecule has 0 aromatic heterocycles. The molecule has 0 aliphatic heterocycles. The van der Waals surface area contributed by atoms with Crippen molar-refractivity contribution >= 4 is 11.7 Å². The fourth-order valence-corrected chi connectivity index (χ4v) is 2.91. The van der Waals surface area contributed by atoms with E-state index in [0.29, 0.717) is 11.6 Å². The average Bonchev–Trinajstić information content (AvgIpc) is 2.85. The maximum Gasteiger partial charge on any atom is 0.337 e. The van der Waals surface area contributed by atoms with E-state index in [0.717, 1.165) is 17.8 Å². The predicted molar refractivity (Wildman–Crippen MR) is 73.4 cm³/mol. The Labute approximate surface area is 108 Å². The van der Waals surface area contributed by atoms with Crippen LogP contribution in [0.2, 0.25) is 0 Å². The molecule has 3 nitrogen and oxygen atoms in total. The van der Waals surface area contributed by atoms with Crippen LogP contribution >= 0.6 is 0 Å². The van der Waals surface area contributed by atoms with Crippen molar-refractivity contribution in [2.75, 3.05) is 11.4 Å². The van der Waals surface area contributed by atoms with Crippen molar-refractivity contribution < 1.29 is 9.90 Å². The SMILES string of the molecule is CCN(c1ccc(C)cc1C(=O)O)C1CCCC1. The van der Waals surface area contributed by atoms with E-state index in [4.69, 9.17) is 0 Å². The molecule has 0 amide bonds. The van der Waals surface area contributed by atoms with Crippen molar-refractivity contribution in [2.24, 2.45) is 0 Å². The molecule has 0 bridgehead atoms. The molecule has 0 radical (unpaired) electrons. The minimum atomic E-state index is -0.829. The second kappa shape index (κ2) is 5.42. The summed E-state index contributed by atoms with van der Waals surface area (Å²) in [7, 11) is 0. The highest BCUT2D eigenvalue weighted by molar-refractivity contribution is 5.94. The first-order valence-electron chi connectivity index (χ1n) is 6.74. The van der Waals surface area contributed by atoms with Gasteiger partial charge in [-0.1, -0.05) is 24.5 Å². The van der Waals surface area contributed by atoms with E-state index in [1.807, 2.05) is 19.1 Å². The van der Waals surface area contributed by atoms with Crippen molar-refractivity contribution in [2.45, 2.75) is 45.6 Å². The Kier molecular flexibility index (Phi) is 3.90. The van der Waals surface area contributed by atoms with Gasteiger partial charge in [-0.05, 0) is 38.8 Å². The Morgan fingerprint density at radius 2 is 2.06 bits per heavy atom. The summed E-state index contributed by atoms with van der Waals surface area (Å²) in [5.41, 5.74) is 2.31. The van der Waals surface area contributed by atoms with Crippen LogP contribution in [0, 0.1) is 6.92 Å². The number of anilines is 1. The molecule has 1 aromatic carbocycles. The highest BCUT2D eigenvalue weighted by Crippen LogP contribution is 2.30. The summed E-state index contributed by atoms with van der Waals surface area (Å²) in [6, 6.07) is 6.24. The van der Waals surface area contributed by atoms with Gasteiger partial charge in [-0.15, -0.1) is 0 Å². The predicted octanol–water partition coefficient (Wildman–Crippen LogP) is 3.46. The summed E-state index contributed by atoms with van der Waals surface area (Å²) in [6.07, 6.45) is 4.88. The van der Waals surface area contributed by atoms with Crippen LogP contribution < -0.4 is 4.90 Å². The monoisotopic (exact) mass is 247 g/mol. The Morgan fingerprint density at radius 3 is 2.61 bits per heavy atom. The Morgan fingerprint density at radius 1 is 1.39 bits per heavy atom. The zero-order valence-electron chi connectivity index (χ0n) is 11.1. The minimum Gasteiger partial charge on any atom is -0.478 e. The molecule has 1 N–H and O–H groups in total. The second-order valence-electron chi connectivity index (χ2n) is 5.05. The maximum atomic E-state index is 11.4. The molecule has 2 rings (SSSR count). The molecular weight excluding hydrogens is 226 g/mol. The Bertz CT molecular complexity index is 436. The van der Waals surface area contributed by atoms with Crippen LogP contribution in [0.15, 0.2) is 18.2 Å². The summed E-state index contributed by atoms with van der Waals surface area (Å²) in [5.74, 6) is -0.829. The van der Waals surface area contributed by atoms with Crippen LogP contribution in [0.5, 0.6) is 0 Å². The molecule has 0 saturated heterocycles. The molecule has 1 aliphatic carbocycles. The van der Waals surface area contributed by atoms with Gasteiger partial charge in [-0.2, -0.15) is 0 Å². The third kappa shape index (κ3) is 2.50. The summed E-state index contributed by atoms with van der Waals surface area (Å²) < 4.78 is 0. The number of rotatable bonds is 4. The minimum absolute atomic E-state index is 0.434. The van der Waals surface area contributed by atoms with Crippen molar-refractivity contribution in [3.05, 3.63) is 29.3 Å². The van der Waals surface area contributed by atoms with Crippen molar-refractivity contribution in [1.82, 2.24) is 0 Å². The number of hydrogen-bond donors (Lipinski definition) is 1. The summed E-state index contributed by atoms with van der Waals surface area (Å²) in [4.78, 5) is 13.6. The van der Waals surface area contributed by atoms with E-state index in [1.165, 1.54) is 25.7 Å². The molecule has 98 valence electrons. The molecule has 0 atom stereocenters. The zero-order valence-corrected chi connectivity index (χ0v) is 11.1. The van der Waals surface area contributed by atoms with Gasteiger partial charge in [0.2, 0.25) is 0 Å². The number of hydrogen-bond acceptors (Lipinski definition) is 2. The largest absolute Gasteiger partial charge is 0.478 e. The first kappa shape index (κ1) is 12.9. The maximum absolute atomic E-state index is 11.4. The molecule has 1 aliphatic rings. The van der Waals surface area contributed by atoms with Crippen LogP contribution in [0.3, 0.4) is 0 Å². The van der Waals surface area contributed by atoms with Gasteiger partial charge in [-0.3, -0.25) is 0 Å². The van der Waals surface area contributed by atoms with Crippen LogP contribution in [-0.4, -0.2) is 23.7 Å². The first-order valence-corrected chi connectivity index (χ1v) is 6.74. The van der Waals surface area contributed by atoms with Gasteiger partial charge in [0, 0.05) is 12.6 Å². The van der Waals surface area contributed by atoms with Crippen LogP contribution in [0.1, 0.15) is 48.5 Å². The van der Waals surface area contributed by atoms with Crippen molar-refractivity contribution in [3.63, 3.8) is 0 Å². The topological polar surface area (TPSA) is 40.5 Å². The summed E-state index contributed by atoms with van der Waals surface area (Å²) >= 11 is 0. The van der Waals surface area contributed by atoms with E-state index in [9.17, 15) is 9.90 Å². The van der Waals surface area contributed by atoms with E-state index in [2.05, 4.69) is 11.8 Å². The van der Waals surface area contributed by atoms with E-state index < -0.39 is 5.97 Å². The first-order chi connectivity index (χ1) is 8.63. The number of carboxylic acid groups (broad SMARTS) is 1. The molecule has 1 aromatic rings.